The van der Waals surface area contributed by atoms with Gasteiger partial charge in [0.1, 0.15) is 5.75 Å². The molecular formula is C12H25NO4S. The second-order valence-corrected chi connectivity index (χ2v) is 6.52. The molecule has 6 heteroatoms. The maximum Gasteiger partial charge on any atom is 0.321 e. The first-order valence-electron chi connectivity index (χ1n) is 6.45. The average Bonchev–Trinajstić information content (AvgIpc) is 2.26. The van der Waals surface area contributed by atoms with E-state index in [9.17, 15) is 13.2 Å². The molecule has 0 aliphatic heterocycles. The molecule has 0 aliphatic rings. The van der Waals surface area contributed by atoms with Crippen LogP contribution < -0.4 is 5.32 Å². The Morgan fingerprint density at radius 3 is 2.33 bits per heavy atom. The predicted octanol–water partition coefficient (Wildman–Crippen LogP) is 0.988. The minimum Gasteiger partial charge on any atom is -0.465 e. The van der Waals surface area contributed by atoms with Gasteiger partial charge in [-0.3, -0.25) is 4.79 Å². The third-order valence-corrected chi connectivity index (χ3v) is 4.42. The van der Waals surface area contributed by atoms with Crippen molar-refractivity contribution >= 4 is 15.8 Å². The van der Waals surface area contributed by atoms with Gasteiger partial charge in [0.15, 0.2) is 9.84 Å². The summed E-state index contributed by atoms with van der Waals surface area (Å²) in [5, 5.41) is 3.16. The topological polar surface area (TPSA) is 72.5 Å². The van der Waals surface area contributed by atoms with Crippen LogP contribution in [0.1, 0.15) is 34.1 Å². The van der Waals surface area contributed by atoms with Gasteiger partial charge in [0, 0.05) is 6.04 Å². The first-order chi connectivity index (χ1) is 8.36. The van der Waals surface area contributed by atoms with E-state index in [2.05, 4.69) is 10.1 Å². The van der Waals surface area contributed by atoms with E-state index in [-0.39, 0.29) is 24.3 Å². The Bertz CT molecular complexity index is 340. The number of hydrogen-bond acceptors (Lipinski definition) is 5. The van der Waals surface area contributed by atoms with Crippen LogP contribution in [0.15, 0.2) is 0 Å². The fourth-order valence-corrected chi connectivity index (χ4v) is 3.24. The zero-order chi connectivity index (χ0) is 14.2. The molecule has 1 N–H and O–H groups in total. The lowest BCUT2D eigenvalue weighted by atomic mass is 10.0. The van der Waals surface area contributed by atoms with Gasteiger partial charge < -0.3 is 10.1 Å². The number of nitrogens with one attached hydrogen (secondary N) is 1. The van der Waals surface area contributed by atoms with Gasteiger partial charge >= 0.3 is 5.97 Å². The van der Waals surface area contributed by atoms with E-state index in [0.717, 1.165) is 6.42 Å². The molecule has 108 valence electrons. The fourth-order valence-electron chi connectivity index (χ4n) is 1.69. The van der Waals surface area contributed by atoms with Gasteiger partial charge in [0.25, 0.3) is 0 Å². The SMILES string of the molecule is CCNC(CS(=O)(=O)CC(=O)OCC)C(C)CC. The van der Waals surface area contributed by atoms with Crippen molar-refractivity contribution in [2.24, 2.45) is 5.92 Å². The quantitative estimate of drug-likeness (QED) is 0.637. The Kier molecular flexibility index (Phi) is 8.18. The monoisotopic (exact) mass is 279 g/mol. The van der Waals surface area contributed by atoms with Crippen LogP contribution in [0.5, 0.6) is 0 Å². The number of hydrogen-bond donors (Lipinski definition) is 1. The number of ether oxygens (including phenoxy) is 1. The Morgan fingerprint density at radius 2 is 1.89 bits per heavy atom. The molecule has 5 nitrogen and oxygen atoms in total. The van der Waals surface area contributed by atoms with Crippen LogP contribution in [-0.4, -0.2) is 45.1 Å². The van der Waals surface area contributed by atoms with Crippen molar-refractivity contribution in [2.45, 2.75) is 40.2 Å². The van der Waals surface area contributed by atoms with Crippen LogP contribution in [-0.2, 0) is 19.4 Å². The lowest BCUT2D eigenvalue weighted by Crippen LogP contribution is -2.41. The number of carbonyl (C=O) groups is 1. The van der Waals surface area contributed by atoms with Crippen LogP contribution in [0.4, 0.5) is 0 Å². The Morgan fingerprint density at radius 1 is 1.28 bits per heavy atom. The van der Waals surface area contributed by atoms with Gasteiger partial charge in [0.05, 0.1) is 12.4 Å². The summed E-state index contributed by atoms with van der Waals surface area (Å²) in [5.41, 5.74) is 0. The highest BCUT2D eigenvalue weighted by atomic mass is 32.2. The molecule has 0 rings (SSSR count). The summed E-state index contributed by atoms with van der Waals surface area (Å²) < 4.78 is 28.4. The highest BCUT2D eigenvalue weighted by Crippen LogP contribution is 2.10. The first kappa shape index (κ1) is 17.4. The molecule has 0 spiro atoms. The maximum atomic E-state index is 11.9. The molecule has 0 saturated carbocycles. The van der Waals surface area contributed by atoms with Crippen molar-refractivity contribution in [1.29, 1.82) is 0 Å². The molecule has 0 heterocycles. The second kappa shape index (κ2) is 8.48. The largest absolute Gasteiger partial charge is 0.465 e. The molecule has 0 amide bonds. The molecule has 18 heavy (non-hydrogen) atoms. The minimum absolute atomic E-state index is 0.0192. The number of rotatable bonds is 9. The molecule has 0 aromatic rings. The zero-order valence-electron chi connectivity index (χ0n) is 11.7. The summed E-state index contributed by atoms with van der Waals surface area (Å²) in [7, 11) is -3.42. The molecule has 0 aromatic heterocycles. The third-order valence-electron chi connectivity index (χ3n) is 2.87. The van der Waals surface area contributed by atoms with Gasteiger partial charge in [-0.1, -0.05) is 27.2 Å². The van der Waals surface area contributed by atoms with Crippen molar-refractivity contribution < 1.29 is 17.9 Å². The second-order valence-electron chi connectivity index (χ2n) is 4.41. The van der Waals surface area contributed by atoms with Gasteiger partial charge in [-0.2, -0.15) is 0 Å². The highest BCUT2D eigenvalue weighted by molar-refractivity contribution is 7.92. The molecule has 0 aromatic carbocycles. The van der Waals surface area contributed by atoms with Crippen molar-refractivity contribution in [2.75, 3.05) is 24.7 Å². The van der Waals surface area contributed by atoms with Crippen molar-refractivity contribution in [3.8, 4) is 0 Å². The minimum atomic E-state index is -3.42. The molecule has 0 radical (unpaired) electrons. The smallest absolute Gasteiger partial charge is 0.321 e. The van der Waals surface area contributed by atoms with Crippen molar-refractivity contribution in [3.63, 3.8) is 0 Å². The highest BCUT2D eigenvalue weighted by Gasteiger charge is 2.25. The molecule has 0 saturated heterocycles. The van der Waals surface area contributed by atoms with Crippen LogP contribution >= 0.6 is 0 Å². The molecule has 0 fully saturated rings. The normalized spacial score (nSPS) is 15.1. The van der Waals surface area contributed by atoms with Gasteiger partial charge in [0.2, 0.25) is 0 Å². The van der Waals surface area contributed by atoms with Crippen LogP contribution in [0, 0.1) is 5.92 Å². The average molecular weight is 279 g/mol. The molecule has 0 aliphatic carbocycles. The summed E-state index contributed by atoms with van der Waals surface area (Å²) in [6, 6.07) is -0.112. The summed E-state index contributed by atoms with van der Waals surface area (Å²) in [6.07, 6.45) is 0.895. The van der Waals surface area contributed by atoms with Crippen LogP contribution in [0.25, 0.3) is 0 Å². The fraction of sp³-hybridized carbons (Fsp3) is 0.917. The number of sulfone groups is 1. The van der Waals surface area contributed by atoms with E-state index in [1.165, 1.54) is 0 Å². The molecule has 2 unspecified atom stereocenters. The van der Waals surface area contributed by atoms with E-state index in [1.807, 2.05) is 20.8 Å². The predicted molar refractivity (Wildman–Crippen MR) is 72.2 cm³/mol. The Balaban J connectivity index is 4.55. The number of esters is 1. The van der Waals surface area contributed by atoms with Gasteiger partial charge in [-0.05, 0) is 19.4 Å². The van der Waals surface area contributed by atoms with Crippen molar-refractivity contribution in [3.05, 3.63) is 0 Å². The van der Waals surface area contributed by atoms with E-state index >= 15 is 0 Å². The first-order valence-corrected chi connectivity index (χ1v) is 8.27. The third kappa shape index (κ3) is 6.96. The van der Waals surface area contributed by atoms with E-state index in [4.69, 9.17) is 0 Å². The Hall–Kier alpha value is -0.620. The summed E-state index contributed by atoms with van der Waals surface area (Å²) in [4.78, 5) is 11.2. The lowest BCUT2D eigenvalue weighted by Gasteiger charge is -2.23. The molecule has 0 bridgehead atoms. The van der Waals surface area contributed by atoms with E-state index < -0.39 is 21.6 Å². The standard InChI is InChI=1S/C12H25NO4S/c1-5-10(4)11(13-6-2)8-18(15,16)9-12(14)17-7-3/h10-11,13H,5-9H2,1-4H3. The van der Waals surface area contributed by atoms with Crippen molar-refractivity contribution in [1.82, 2.24) is 5.32 Å². The summed E-state index contributed by atoms with van der Waals surface area (Å²) >= 11 is 0. The van der Waals surface area contributed by atoms with Gasteiger partial charge in [-0.25, -0.2) is 8.42 Å². The number of carbonyl (C=O) groups excluding carboxylic acids is 1. The summed E-state index contributed by atoms with van der Waals surface area (Å²) in [5.74, 6) is -0.966. The zero-order valence-corrected chi connectivity index (χ0v) is 12.5. The van der Waals surface area contributed by atoms with E-state index in [1.54, 1.807) is 6.92 Å². The lowest BCUT2D eigenvalue weighted by molar-refractivity contribution is -0.139. The Labute approximate surface area is 110 Å². The molecular weight excluding hydrogens is 254 g/mol. The summed E-state index contributed by atoms with van der Waals surface area (Å²) in [6.45, 7) is 8.54. The maximum absolute atomic E-state index is 11.9. The van der Waals surface area contributed by atoms with E-state index in [0.29, 0.717) is 6.54 Å². The van der Waals surface area contributed by atoms with Crippen LogP contribution in [0.3, 0.4) is 0 Å². The van der Waals surface area contributed by atoms with Gasteiger partial charge in [-0.15, -0.1) is 0 Å². The molecule has 2 atom stereocenters. The van der Waals surface area contributed by atoms with Crippen LogP contribution in [0.2, 0.25) is 0 Å².